The monoisotopic (exact) mass is 600 g/mol. The molecule has 0 radical (unpaired) electrons. The Balaban J connectivity index is 1.72. The Hall–Kier alpha value is -0.560. The zero-order valence-electron chi connectivity index (χ0n) is 24.0. The molecule has 14 heteroatoms. The van der Waals surface area contributed by atoms with Gasteiger partial charge >= 0.3 is 0 Å². The topological polar surface area (TPSA) is 217 Å². The summed E-state index contributed by atoms with van der Waals surface area (Å²) in [6, 6.07) is 0. The van der Waals surface area contributed by atoms with E-state index < -0.39 is 87.3 Å². The quantitative estimate of drug-likeness (QED) is 0.0444. The van der Waals surface area contributed by atoms with Crippen molar-refractivity contribution in [1.82, 2.24) is 0 Å². The molecular formula is C27H52O14. The molecule has 0 amide bonds. The maximum Gasteiger partial charge on any atom is 0.187 e. The van der Waals surface area contributed by atoms with Crippen LogP contribution in [0.5, 0.6) is 0 Å². The Bertz CT molecular complexity index is 656. The molecule has 8 N–H and O–H groups in total. The van der Waals surface area contributed by atoms with E-state index in [-0.39, 0.29) is 6.61 Å². The van der Waals surface area contributed by atoms with Gasteiger partial charge in [0.1, 0.15) is 61.5 Å². The van der Waals surface area contributed by atoms with Gasteiger partial charge in [-0.05, 0) is 6.42 Å². The first-order valence-corrected chi connectivity index (χ1v) is 14.9. The fourth-order valence-electron chi connectivity index (χ4n) is 4.82. The van der Waals surface area contributed by atoms with Gasteiger partial charge in [-0.2, -0.15) is 0 Å². The highest BCUT2D eigenvalue weighted by molar-refractivity contribution is 4.94. The zero-order valence-corrected chi connectivity index (χ0v) is 24.0. The highest BCUT2D eigenvalue weighted by atomic mass is 17.2. The Morgan fingerprint density at radius 1 is 0.610 bits per heavy atom. The average molecular weight is 601 g/mol. The van der Waals surface area contributed by atoms with E-state index in [0.717, 1.165) is 19.3 Å². The second-order valence-electron chi connectivity index (χ2n) is 10.7. The molecule has 0 spiro atoms. The van der Waals surface area contributed by atoms with Gasteiger partial charge in [-0.25, -0.2) is 9.78 Å². The summed E-state index contributed by atoms with van der Waals surface area (Å²) in [5.74, 6) is 0. The molecule has 0 aromatic heterocycles. The zero-order chi connectivity index (χ0) is 30.2. The number of hydrogen-bond acceptors (Lipinski definition) is 14. The number of hydrogen-bond donors (Lipinski definition) is 8. The maximum absolute atomic E-state index is 10.7. The fourth-order valence-corrected chi connectivity index (χ4v) is 4.82. The van der Waals surface area contributed by atoms with Gasteiger partial charge in [-0.3, -0.25) is 0 Å². The van der Waals surface area contributed by atoms with Crippen LogP contribution in [-0.2, 0) is 28.7 Å². The van der Waals surface area contributed by atoms with Crippen molar-refractivity contribution in [2.75, 3.05) is 33.0 Å². The van der Waals surface area contributed by atoms with Crippen molar-refractivity contribution >= 4 is 0 Å². The minimum atomic E-state index is -1.76. The van der Waals surface area contributed by atoms with E-state index in [9.17, 15) is 40.9 Å². The van der Waals surface area contributed by atoms with E-state index >= 15 is 0 Å². The van der Waals surface area contributed by atoms with Crippen LogP contribution in [-0.4, -0.2) is 141 Å². The third-order valence-corrected chi connectivity index (χ3v) is 7.41. The highest BCUT2D eigenvalue weighted by Crippen LogP contribution is 2.30. The summed E-state index contributed by atoms with van der Waals surface area (Å²) in [7, 11) is 0. The lowest BCUT2D eigenvalue weighted by Crippen LogP contribution is -2.65. The summed E-state index contributed by atoms with van der Waals surface area (Å²) >= 11 is 0. The molecule has 11 atom stereocenters. The first-order chi connectivity index (χ1) is 19.8. The Labute approximate surface area is 241 Å². The molecule has 0 bridgehead atoms. The molecule has 0 aromatic rings. The molecule has 2 fully saturated rings. The van der Waals surface area contributed by atoms with Crippen LogP contribution in [0.15, 0.2) is 0 Å². The molecule has 0 saturated carbocycles. The second kappa shape index (κ2) is 20.4. The third-order valence-electron chi connectivity index (χ3n) is 7.41. The normalized spacial score (nSPS) is 35.0. The van der Waals surface area contributed by atoms with Gasteiger partial charge in [0.15, 0.2) is 12.6 Å². The second-order valence-corrected chi connectivity index (χ2v) is 10.7. The molecule has 14 nitrogen and oxygen atoms in total. The summed E-state index contributed by atoms with van der Waals surface area (Å²) in [4.78, 5) is 10.3. The van der Waals surface area contributed by atoms with Gasteiger partial charge in [0, 0.05) is 0 Å². The Morgan fingerprint density at radius 3 is 1.76 bits per heavy atom. The number of rotatable bonds is 21. The van der Waals surface area contributed by atoms with Gasteiger partial charge in [0.2, 0.25) is 0 Å². The van der Waals surface area contributed by atoms with Crippen LogP contribution in [0.3, 0.4) is 0 Å². The fraction of sp³-hybridized carbons (Fsp3) is 1.00. The van der Waals surface area contributed by atoms with Crippen LogP contribution in [0.1, 0.15) is 71.1 Å². The smallest absolute Gasteiger partial charge is 0.187 e. The van der Waals surface area contributed by atoms with Crippen LogP contribution in [0.25, 0.3) is 0 Å². The average Bonchev–Trinajstić information content (AvgIpc) is 2.98. The largest absolute Gasteiger partial charge is 0.394 e. The Kier molecular flexibility index (Phi) is 18.2. The highest BCUT2D eigenvalue weighted by Gasteiger charge is 2.51. The van der Waals surface area contributed by atoms with E-state index in [1.165, 1.54) is 44.9 Å². The predicted octanol–water partition coefficient (Wildman–Crippen LogP) is -1.14. The molecule has 0 aliphatic carbocycles. The van der Waals surface area contributed by atoms with Crippen LogP contribution in [0.4, 0.5) is 0 Å². The van der Waals surface area contributed by atoms with Gasteiger partial charge in [-0.15, -0.1) is 0 Å². The SMILES string of the molecule is CCCCCCCCCCCCOOCC(CO)O[C@@H]1O[C@H](CO)[C@@H](O[C@H]2O[C@H](CO)[C@@H](O)[C@H](O)[C@H]2O)[C@H](O)[C@H]1O. The van der Waals surface area contributed by atoms with Crippen LogP contribution in [0.2, 0.25) is 0 Å². The molecule has 0 aromatic carbocycles. The molecule has 41 heavy (non-hydrogen) atoms. The van der Waals surface area contributed by atoms with Crippen LogP contribution < -0.4 is 0 Å². The molecular weight excluding hydrogens is 548 g/mol. The standard InChI is InChI=1S/C27H52O14/c1-2-3-4-5-6-7-8-9-10-11-12-36-37-16-17(13-28)38-26-24(35)22(33)25(19(15-30)40-26)41-27-23(34)21(32)20(31)18(14-29)39-27/h17-35H,2-16H2,1H3/t17?,18-,19-,20-,21+,22-,23-,24-,25-,26-,27-/m1/s1. The summed E-state index contributed by atoms with van der Waals surface area (Å²) in [5, 5.41) is 80.2. The van der Waals surface area contributed by atoms with Gasteiger partial charge in [0.05, 0.1) is 26.4 Å². The minimum Gasteiger partial charge on any atom is -0.394 e. The molecule has 1 unspecified atom stereocenters. The summed E-state index contributed by atoms with van der Waals surface area (Å²) in [5.41, 5.74) is 0. The van der Waals surface area contributed by atoms with E-state index in [1.807, 2.05) is 0 Å². The summed E-state index contributed by atoms with van der Waals surface area (Å²) < 4.78 is 21.9. The molecule has 2 aliphatic heterocycles. The van der Waals surface area contributed by atoms with Crippen molar-refractivity contribution in [2.24, 2.45) is 0 Å². The third kappa shape index (κ3) is 11.8. The molecule has 2 heterocycles. The molecule has 244 valence electrons. The lowest BCUT2D eigenvalue weighted by atomic mass is 9.97. The van der Waals surface area contributed by atoms with E-state index in [4.69, 9.17) is 28.7 Å². The Morgan fingerprint density at radius 2 is 1.17 bits per heavy atom. The van der Waals surface area contributed by atoms with Crippen LogP contribution >= 0.6 is 0 Å². The lowest BCUT2D eigenvalue weighted by Gasteiger charge is -2.46. The first-order valence-electron chi connectivity index (χ1n) is 14.9. The maximum atomic E-state index is 10.7. The van der Waals surface area contributed by atoms with E-state index in [1.54, 1.807) is 0 Å². The molecule has 2 rings (SSSR count). The predicted molar refractivity (Wildman–Crippen MR) is 142 cm³/mol. The summed E-state index contributed by atoms with van der Waals surface area (Å²) in [6.45, 7) is 0.490. The van der Waals surface area contributed by atoms with Crippen molar-refractivity contribution in [3.05, 3.63) is 0 Å². The van der Waals surface area contributed by atoms with Crippen molar-refractivity contribution in [2.45, 2.75) is 139 Å². The van der Waals surface area contributed by atoms with Gasteiger partial charge < -0.3 is 59.8 Å². The van der Waals surface area contributed by atoms with E-state index in [2.05, 4.69) is 6.92 Å². The van der Waals surface area contributed by atoms with Gasteiger partial charge in [0.25, 0.3) is 0 Å². The van der Waals surface area contributed by atoms with Crippen molar-refractivity contribution in [3.8, 4) is 0 Å². The van der Waals surface area contributed by atoms with Crippen molar-refractivity contribution in [3.63, 3.8) is 0 Å². The van der Waals surface area contributed by atoms with Gasteiger partial charge in [-0.1, -0.05) is 64.7 Å². The number of ether oxygens (including phenoxy) is 4. The van der Waals surface area contributed by atoms with Crippen molar-refractivity contribution < 1.29 is 69.6 Å². The first kappa shape index (κ1) is 36.6. The van der Waals surface area contributed by atoms with Crippen molar-refractivity contribution in [1.29, 1.82) is 0 Å². The van der Waals surface area contributed by atoms with Crippen LogP contribution in [0, 0.1) is 0 Å². The summed E-state index contributed by atoms with van der Waals surface area (Å²) in [6.07, 6.45) is -4.74. The number of aliphatic hydroxyl groups excluding tert-OH is 8. The number of unbranched alkanes of at least 4 members (excludes halogenated alkanes) is 9. The minimum absolute atomic E-state index is 0.189. The molecule has 2 aliphatic rings. The number of aliphatic hydroxyl groups is 8. The van der Waals surface area contributed by atoms with E-state index in [0.29, 0.717) is 6.61 Å². The lowest BCUT2D eigenvalue weighted by molar-refractivity contribution is -0.370. The molecule has 2 saturated heterocycles.